The summed E-state index contributed by atoms with van der Waals surface area (Å²) < 4.78 is 0. The van der Waals surface area contributed by atoms with Crippen molar-refractivity contribution in [2.45, 2.75) is 32.2 Å². The zero-order valence-electron chi connectivity index (χ0n) is 14.8. The van der Waals surface area contributed by atoms with E-state index in [0.29, 0.717) is 32.7 Å². The number of aliphatic carboxylic acids is 2. The van der Waals surface area contributed by atoms with E-state index in [-0.39, 0.29) is 12.5 Å². The van der Waals surface area contributed by atoms with Gasteiger partial charge in [0.25, 0.3) is 0 Å². The Bertz CT molecular complexity index is 805. The number of nitrogens with zero attached hydrogens (tertiary/aromatic N) is 1. The Morgan fingerprint density at radius 2 is 1.78 bits per heavy atom. The lowest BCUT2D eigenvalue weighted by Gasteiger charge is -2.18. The van der Waals surface area contributed by atoms with Gasteiger partial charge in [-0.15, -0.1) is 11.3 Å². The molecule has 2 aromatic rings. The second-order valence-corrected chi connectivity index (χ2v) is 8.31. The van der Waals surface area contributed by atoms with Crippen molar-refractivity contribution < 1.29 is 19.8 Å². The van der Waals surface area contributed by atoms with Crippen LogP contribution in [-0.2, 0) is 9.59 Å². The van der Waals surface area contributed by atoms with Gasteiger partial charge in [-0.2, -0.15) is 0 Å². The summed E-state index contributed by atoms with van der Waals surface area (Å²) in [4.78, 5) is 27.5. The van der Waals surface area contributed by atoms with Crippen LogP contribution in [0.1, 0.15) is 31.2 Å². The number of halogens is 2. The highest BCUT2D eigenvalue weighted by Gasteiger charge is 2.27. The summed E-state index contributed by atoms with van der Waals surface area (Å²) in [6.07, 6.45) is 0.409. The molecule has 2 rings (SSSR count). The Morgan fingerprint density at radius 1 is 1.15 bits per heavy atom. The second-order valence-electron chi connectivity index (χ2n) is 6.55. The fourth-order valence-electron chi connectivity index (χ4n) is 2.57. The molecule has 9 heteroatoms. The summed E-state index contributed by atoms with van der Waals surface area (Å²) in [6, 6.07) is 4.19. The van der Waals surface area contributed by atoms with Gasteiger partial charge in [-0.05, 0) is 30.5 Å². The van der Waals surface area contributed by atoms with Crippen molar-refractivity contribution in [2.75, 3.05) is 6.54 Å². The molecule has 0 aliphatic heterocycles. The fourth-order valence-corrected chi connectivity index (χ4v) is 4.01. The van der Waals surface area contributed by atoms with Gasteiger partial charge in [0.15, 0.2) is 0 Å². The van der Waals surface area contributed by atoms with Crippen LogP contribution < -0.4 is 5.32 Å². The van der Waals surface area contributed by atoms with Crippen LogP contribution in [0, 0.1) is 5.92 Å². The molecule has 0 spiro atoms. The van der Waals surface area contributed by atoms with Crippen molar-refractivity contribution in [2.24, 2.45) is 5.92 Å². The third kappa shape index (κ3) is 6.17. The summed E-state index contributed by atoms with van der Waals surface area (Å²) in [7, 11) is 0. The van der Waals surface area contributed by atoms with Crippen LogP contribution in [-0.4, -0.2) is 39.7 Å². The number of hydrogen-bond acceptors (Lipinski definition) is 5. The molecule has 27 heavy (non-hydrogen) atoms. The minimum Gasteiger partial charge on any atom is -0.481 e. The molecule has 1 heterocycles. The molecule has 2 unspecified atom stereocenters. The Labute approximate surface area is 171 Å². The fraction of sp³-hybridized carbons (Fsp3) is 0.389. The number of thiazole rings is 1. The smallest absolute Gasteiger partial charge is 0.320 e. The van der Waals surface area contributed by atoms with Gasteiger partial charge in [-0.25, -0.2) is 4.98 Å². The molecular formula is C18H20Cl2N2O4S. The van der Waals surface area contributed by atoms with Gasteiger partial charge in [-0.1, -0.05) is 37.0 Å². The number of carbonyl (C=O) groups is 2. The number of carboxylic acid groups (broad SMARTS) is 2. The van der Waals surface area contributed by atoms with E-state index in [2.05, 4.69) is 10.3 Å². The summed E-state index contributed by atoms with van der Waals surface area (Å²) in [6.45, 7) is 3.80. The molecule has 0 aliphatic rings. The Hall–Kier alpha value is -1.67. The summed E-state index contributed by atoms with van der Waals surface area (Å²) in [5.74, 6) is -2.85. The van der Waals surface area contributed by atoms with Crippen LogP contribution in [0.15, 0.2) is 23.6 Å². The molecule has 6 nitrogen and oxygen atoms in total. The van der Waals surface area contributed by atoms with E-state index in [0.717, 1.165) is 0 Å². The monoisotopic (exact) mass is 430 g/mol. The van der Waals surface area contributed by atoms with Gasteiger partial charge in [-0.3, -0.25) is 9.59 Å². The normalized spacial score (nSPS) is 13.5. The highest BCUT2D eigenvalue weighted by Crippen LogP contribution is 2.30. The SMILES string of the molecule is CC(C)CC(NCC(C(=O)O)c1nc(-c2cc(Cl)cc(Cl)c2)cs1)C(=O)O. The molecule has 3 N–H and O–H groups in total. The minimum atomic E-state index is -1.07. The van der Waals surface area contributed by atoms with Gasteiger partial charge < -0.3 is 15.5 Å². The molecule has 2 atom stereocenters. The Morgan fingerprint density at radius 3 is 2.30 bits per heavy atom. The highest BCUT2D eigenvalue weighted by molar-refractivity contribution is 7.10. The number of hydrogen-bond donors (Lipinski definition) is 3. The summed E-state index contributed by atoms with van der Waals surface area (Å²) in [5.41, 5.74) is 1.26. The van der Waals surface area contributed by atoms with E-state index >= 15 is 0 Å². The van der Waals surface area contributed by atoms with Gasteiger partial charge in [0.2, 0.25) is 0 Å². The average Bonchev–Trinajstić information content (AvgIpc) is 3.02. The number of rotatable bonds is 9. The highest BCUT2D eigenvalue weighted by atomic mass is 35.5. The van der Waals surface area contributed by atoms with Crippen LogP contribution >= 0.6 is 34.5 Å². The maximum Gasteiger partial charge on any atom is 0.320 e. The lowest BCUT2D eigenvalue weighted by Crippen LogP contribution is -2.41. The topological polar surface area (TPSA) is 99.5 Å². The minimum absolute atomic E-state index is 0.0255. The van der Waals surface area contributed by atoms with E-state index < -0.39 is 23.9 Å². The van der Waals surface area contributed by atoms with Crippen molar-refractivity contribution in [1.29, 1.82) is 0 Å². The third-order valence-electron chi connectivity index (χ3n) is 3.85. The van der Waals surface area contributed by atoms with Crippen LogP contribution in [0.4, 0.5) is 0 Å². The number of carboxylic acids is 2. The first-order chi connectivity index (χ1) is 12.7. The number of nitrogens with one attached hydrogen (secondary N) is 1. The summed E-state index contributed by atoms with van der Waals surface area (Å²) >= 11 is 13.2. The van der Waals surface area contributed by atoms with Gasteiger partial charge in [0.05, 0.1) is 5.69 Å². The van der Waals surface area contributed by atoms with Crippen molar-refractivity contribution in [3.05, 3.63) is 38.6 Å². The second kappa shape index (κ2) is 9.50. The van der Waals surface area contributed by atoms with Crippen molar-refractivity contribution in [3.63, 3.8) is 0 Å². The molecule has 0 radical (unpaired) electrons. The Kier molecular flexibility index (Phi) is 7.61. The predicted octanol–water partition coefficient (Wildman–Crippen LogP) is 4.37. The zero-order valence-corrected chi connectivity index (χ0v) is 17.1. The van der Waals surface area contributed by atoms with Crippen LogP contribution in [0.3, 0.4) is 0 Å². The molecule has 0 saturated heterocycles. The van der Waals surface area contributed by atoms with Gasteiger partial charge >= 0.3 is 11.9 Å². The predicted molar refractivity (Wildman–Crippen MR) is 107 cm³/mol. The van der Waals surface area contributed by atoms with Crippen LogP contribution in [0.25, 0.3) is 11.3 Å². The van der Waals surface area contributed by atoms with E-state index in [4.69, 9.17) is 23.2 Å². The largest absolute Gasteiger partial charge is 0.481 e. The lowest BCUT2D eigenvalue weighted by atomic mass is 10.0. The third-order valence-corrected chi connectivity index (χ3v) is 5.24. The van der Waals surface area contributed by atoms with Crippen LogP contribution in [0.2, 0.25) is 10.0 Å². The molecule has 1 aromatic carbocycles. The van der Waals surface area contributed by atoms with Gasteiger partial charge in [0, 0.05) is 27.5 Å². The zero-order chi connectivity index (χ0) is 20.1. The first-order valence-electron chi connectivity index (χ1n) is 8.28. The standard InChI is InChI=1S/C18H20Cl2N2O4S/c1-9(2)3-14(18(25)26)21-7-13(17(23)24)16-22-15(8-27-16)10-4-11(19)6-12(20)5-10/h4-6,8-9,13-14,21H,3,7H2,1-2H3,(H,23,24)(H,25,26). The Balaban J connectivity index is 2.19. The van der Waals surface area contributed by atoms with Gasteiger partial charge in [0.1, 0.15) is 17.0 Å². The summed E-state index contributed by atoms with van der Waals surface area (Å²) in [5, 5.41) is 24.7. The first kappa shape index (κ1) is 21.6. The maximum atomic E-state index is 11.7. The maximum absolute atomic E-state index is 11.7. The number of aromatic nitrogens is 1. The van der Waals surface area contributed by atoms with E-state index in [9.17, 15) is 19.8 Å². The van der Waals surface area contributed by atoms with Crippen LogP contribution in [0.5, 0.6) is 0 Å². The van der Waals surface area contributed by atoms with Crippen molar-refractivity contribution >= 4 is 46.5 Å². The average molecular weight is 431 g/mol. The first-order valence-corrected chi connectivity index (χ1v) is 9.91. The molecular weight excluding hydrogens is 411 g/mol. The van der Waals surface area contributed by atoms with E-state index in [1.165, 1.54) is 11.3 Å². The van der Waals surface area contributed by atoms with Crippen molar-refractivity contribution in [1.82, 2.24) is 10.3 Å². The van der Waals surface area contributed by atoms with E-state index in [1.54, 1.807) is 23.6 Å². The molecule has 146 valence electrons. The molecule has 0 aliphatic carbocycles. The lowest BCUT2D eigenvalue weighted by molar-refractivity contribution is -0.142. The molecule has 0 fully saturated rings. The molecule has 0 bridgehead atoms. The van der Waals surface area contributed by atoms with E-state index in [1.807, 2.05) is 13.8 Å². The molecule has 0 saturated carbocycles. The quantitative estimate of drug-likeness (QED) is 0.545. The number of benzene rings is 1. The molecule has 0 amide bonds. The molecule has 1 aromatic heterocycles. The van der Waals surface area contributed by atoms with Crippen molar-refractivity contribution in [3.8, 4) is 11.3 Å².